The number of hydrogen-bond donors (Lipinski definition) is 2. The molecule has 0 aliphatic carbocycles. The Labute approximate surface area is 130 Å². The quantitative estimate of drug-likeness (QED) is 0.612. The summed E-state index contributed by atoms with van der Waals surface area (Å²) in [6.45, 7) is 0.267. The Kier molecular flexibility index (Phi) is 4.53. The van der Waals surface area contributed by atoms with Crippen molar-refractivity contribution in [2.45, 2.75) is 6.54 Å². The summed E-state index contributed by atoms with van der Waals surface area (Å²) in [5.74, 6) is -2.58. The molecule has 21 heavy (non-hydrogen) atoms. The van der Waals surface area contributed by atoms with Crippen LogP contribution in [-0.2, 0) is 6.54 Å². The van der Waals surface area contributed by atoms with E-state index in [2.05, 4.69) is 21.2 Å². The van der Waals surface area contributed by atoms with Crippen LogP contribution in [0.25, 0.3) is 0 Å². The molecule has 0 radical (unpaired) electrons. The summed E-state index contributed by atoms with van der Waals surface area (Å²) in [5.41, 5.74) is -1.28. The van der Waals surface area contributed by atoms with Crippen molar-refractivity contribution in [1.29, 1.82) is 0 Å². The number of rotatable bonds is 5. The zero-order valence-electron chi connectivity index (χ0n) is 10.3. The number of nitro groups is 1. The molecule has 0 aliphatic heterocycles. The van der Waals surface area contributed by atoms with Crippen LogP contribution in [0.3, 0.4) is 0 Å². The number of nitrogens with zero attached hydrogens (tertiary/aromatic N) is 1. The molecule has 0 aliphatic rings. The van der Waals surface area contributed by atoms with Crippen LogP contribution in [0.1, 0.15) is 15.2 Å². The number of benzene rings is 1. The fraction of sp³-hybridized carbons (Fsp3) is 0.0833. The number of carbonyl (C=O) groups is 1. The lowest BCUT2D eigenvalue weighted by atomic mass is 10.1. The van der Waals surface area contributed by atoms with E-state index < -0.39 is 28.0 Å². The summed E-state index contributed by atoms with van der Waals surface area (Å²) in [6.07, 6.45) is 0. The molecule has 1 heterocycles. The van der Waals surface area contributed by atoms with Gasteiger partial charge in [0.05, 0.1) is 8.71 Å². The lowest BCUT2D eigenvalue weighted by Gasteiger charge is -2.07. The number of aromatic carboxylic acids is 1. The Balaban J connectivity index is 2.31. The number of thiophene rings is 1. The van der Waals surface area contributed by atoms with Gasteiger partial charge < -0.3 is 10.4 Å². The van der Waals surface area contributed by atoms with Gasteiger partial charge in [0.1, 0.15) is 17.1 Å². The Hall–Kier alpha value is -2.00. The second-order valence-corrected chi connectivity index (χ2v) is 6.52. The van der Waals surface area contributed by atoms with Gasteiger partial charge in [-0.3, -0.25) is 10.1 Å². The van der Waals surface area contributed by atoms with Crippen LogP contribution in [0.15, 0.2) is 28.1 Å². The minimum Gasteiger partial charge on any atom is -0.478 e. The molecule has 0 saturated carbocycles. The Bertz CT molecular complexity index is 719. The molecule has 0 atom stereocenters. The van der Waals surface area contributed by atoms with Crippen LogP contribution in [0.2, 0.25) is 0 Å². The van der Waals surface area contributed by atoms with Gasteiger partial charge in [0.2, 0.25) is 0 Å². The second kappa shape index (κ2) is 6.19. The molecule has 0 fully saturated rings. The van der Waals surface area contributed by atoms with E-state index >= 15 is 0 Å². The summed E-state index contributed by atoms with van der Waals surface area (Å²) < 4.78 is 14.5. The van der Waals surface area contributed by atoms with Crippen molar-refractivity contribution in [3.8, 4) is 0 Å². The zero-order chi connectivity index (χ0) is 15.6. The highest BCUT2D eigenvalue weighted by Crippen LogP contribution is 2.29. The van der Waals surface area contributed by atoms with E-state index in [0.717, 1.165) is 14.7 Å². The first kappa shape index (κ1) is 15.4. The number of carboxylic acids is 1. The maximum Gasteiger partial charge on any atom is 0.338 e. The summed E-state index contributed by atoms with van der Waals surface area (Å²) in [5, 5.41) is 22.5. The smallest absolute Gasteiger partial charge is 0.338 e. The first-order valence-electron chi connectivity index (χ1n) is 5.58. The van der Waals surface area contributed by atoms with Gasteiger partial charge in [-0.2, -0.15) is 0 Å². The van der Waals surface area contributed by atoms with Crippen molar-refractivity contribution in [3.05, 3.63) is 54.4 Å². The highest BCUT2D eigenvalue weighted by molar-refractivity contribution is 9.11. The fourth-order valence-corrected chi connectivity index (χ4v) is 3.07. The van der Waals surface area contributed by atoms with Crippen LogP contribution < -0.4 is 5.32 Å². The van der Waals surface area contributed by atoms with Gasteiger partial charge in [0, 0.05) is 23.6 Å². The van der Waals surface area contributed by atoms with E-state index in [-0.39, 0.29) is 12.2 Å². The van der Waals surface area contributed by atoms with Gasteiger partial charge in [-0.05, 0) is 28.1 Å². The summed E-state index contributed by atoms with van der Waals surface area (Å²) in [4.78, 5) is 21.9. The number of carboxylic acid groups (broad SMARTS) is 1. The molecule has 110 valence electrons. The number of nitro benzene ring substituents is 1. The van der Waals surface area contributed by atoms with Crippen LogP contribution in [0.5, 0.6) is 0 Å². The van der Waals surface area contributed by atoms with Crippen LogP contribution in [0, 0.1) is 15.9 Å². The molecule has 0 spiro atoms. The molecule has 6 nitrogen and oxygen atoms in total. The van der Waals surface area contributed by atoms with E-state index in [0.29, 0.717) is 6.07 Å². The van der Waals surface area contributed by atoms with E-state index in [9.17, 15) is 19.3 Å². The lowest BCUT2D eigenvalue weighted by molar-refractivity contribution is -0.384. The van der Waals surface area contributed by atoms with E-state index in [1.165, 1.54) is 11.3 Å². The van der Waals surface area contributed by atoms with Crippen molar-refractivity contribution in [1.82, 2.24) is 0 Å². The molecule has 1 aromatic carbocycles. The topological polar surface area (TPSA) is 92.5 Å². The first-order chi connectivity index (χ1) is 9.88. The van der Waals surface area contributed by atoms with Gasteiger partial charge in [-0.25, -0.2) is 9.18 Å². The average Bonchev–Trinajstić information content (AvgIpc) is 2.81. The number of anilines is 1. The molecule has 0 saturated heterocycles. The molecule has 0 unspecified atom stereocenters. The third-order valence-corrected chi connectivity index (χ3v) is 4.22. The molecular weight excluding hydrogens is 367 g/mol. The highest BCUT2D eigenvalue weighted by Gasteiger charge is 2.21. The Morgan fingerprint density at radius 3 is 2.71 bits per heavy atom. The van der Waals surface area contributed by atoms with Crippen LogP contribution in [-0.4, -0.2) is 16.0 Å². The summed E-state index contributed by atoms with van der Waals surface area (Å²) in [6, 6.07) is 5.17. The fourth-order valence-electron chi connectivity index (χ4n) is 1.65. The lowest BCUT2D eigenvalue weighted by Crippen LogP contribution is -2.07. The van der Waals surface area contributed by atoms with Crippen molar-refractivity contribution >= 4 is 44.6 Å². The number of nitrogens with one attached hydrogen (secondary N) is 1. The average molecular weight is 375 g/mol. The van der Waals surface area contributed by atoms with Crippen molar-refractivity contribution in [3.63, 3.8) is 0 Å². The van der Waals surface area contributed by atoms with Crippen LogP contribution >= 0.6 is 27.3 Å². The molecule has 2 aromatic rings. The van der Waals surface area contributed by atoms with E-state index in [1.54, 1.807) is 0 Å². The number of hydrogen-bond acceptors (Lipinski definition) is 5. The Morgan fingerprint density at radius 1 is 1.48 bits per heavy atom. The van der Waals surface area contributed by atoms with Gasteiger partial charge in [0.25, 0.3) is 5.69 Å². The standard InChI is InChI=1S/C12H8BrFN2O4S/c13-11-2-1-6(21-11)5-15-9-4-8(14)7(12(17)18)3-10(9)16(19)20/h1-4,15H,5H2,(H,17,18). The molecule has 0 bridgehead atoms. The zero-order valence-corrected chi connectivity index (χ0v) is 12.7. The third kappa shape index (κ3) is 3.56. The summed E-state index contributed by atoms with van der Waals surface area (Å²) >= 11 is 4.72. The van der Waals surface area contributed by atoms with Crippen molar-refractivity contribution in [2.24, 2.45) is 0 Å². The summed E-state index contributed by atoms with van der Waals surface area (Å²) in [7, 11) is 0. The maximum absolute atomic E-state index is 13.6. The van der Waals surface area contributed by atoms with Crippen LogP contribution in [0.4, 0.5) is 15.8 Å². The molecule has 1 aromatic heterocycles. The maximum atomic E-state index is 13.6. The monoisotopic (exact) mass is 374 g/mol. The van der Waals surface area contributed by atoms with Gasteiger partial charge in [-0.15, -0.1) is 11.3 Å². The largest absolute Gasteiger partial charge is 0.478 e. The highest BCUT2D eigenvalue weighted by atomic mass is 79.9. The molecule has 0 amide bonds. The first-order valence-corrected chi connectivity index (χ1v) is 7.18. The van der Waals surface area contributed by atoms with Gasteiger partial charge in [-0.1, -0.05) is 0 Å². The van der Waals surface area contributed by atoms with Crippen molar-refractivity contribution < 1.29 is 19.2 Å². The normalized spacial score (nSPS) is 10.4. The molecule has 9 heteroatoms. The minimum absolute atomic E-state index is 0.0629. The number of halogens is 2. The molecule has 2 rings (SSSR count). The van der Waals surface area contributed by atoms with Gasteiger partial charge in [0.15, 0.2) is 0 Å². The van der Waals surface area contributed by atoms with E-state index in [1.807, 2.05) is 12.1 Å². The molecule has 2 N–H and O–H groups in total. The predicted octanol–water partition coefficient (Wildman–Crippen LogP) is 3.87. The SMILES string of the molecule is O=C(O)c1cc([N+](=O)[O-])c(NCc2ccc(Br)s2)cc1F. The molecular formula is C12H8BrFN2O4S. The minimum atomic E-state index is -1.55. The predicted molar refractivity (Wildman–Crippen MR) is 79.4 cm³/mol. The third-order valence-electron chi connectivity index (χ3n) is 2.59. The van der Waals surface area contributed by atoms with Crippen molar-refractivity contribution in [2.75, 3.05) is 5.32 Å². The van der Waals surface area contributed by atoms with E-state index in [4.69, 9.17) is 5.11 Å². The second-order valence-electron chi connectivity index (χ2n) is 3.97. The Morgan fingerprint density at radius 2 is 2.19 bits per heavy atom. The van der Waals surface area contributed by atoms with Gasteiger partial charge >= 0.3 is 5.97 Å².